The maximum Gasteiger partial charge on any atom is 0.167 e. The van der Waals surface area contributed by atoms with Gasteiger partial charge in [-0.1, -0.05) is 48.6 Å². The second-order valence-corrected chi connectivity index (χ2v) is 4.93. The van der Waals surface area contributed by atoms with Crippen molar-refractivity contribution in [3.8, 4) is 11.1 Å². The first-order valence-corrected chi connectivity index (χ1v) is 6.28. The van der Waals surface area contributed by atoms with Crippen LogP contribution < -0.4 is 0 Å². The normalized spacial score (nSPS) is 15.2. The summed E-state index contributed by atoms with van der Waals surface area (Å²) in [6, 6.07) is 12.7. The van der Waals surface area contributed by atoms with Crippen molar-refractivity contribution in [1.29, 1.82) is 0 Å². The van der Waals surface area contributed by atoms with Crippen LogP contribution in [0.5, 0.6) is 0 Å². The molecule has 0 spiro atoms. The van der Waals surface area contributed by atoms with E-state index >= 15 is 0 Å². The number of allylic oxidation sites excluding steroid dienone is 1. The van der Waals surface area contributed by atoms with Crippen LogP contribution in [0.25, 0.3) is 17.2 Å². The average molecular weight is 232 g/mol. The van der Waals surface area contributed by atoms with E-state index in [1.54, 1.807) is 0 Å². The van der Waals surface area contributed by atoms with Gasteiger partial charge in [-0.3, -0.25) is 4.79 Å². The lowest BCUT2D eigenvalue weighted by Crippen LogP contribution is -2.07. The lowest BCUT2D eigenvalue weighted by molar-refractivity contribution is 0.0995. The molecule has 0 unspecified atom stereocenters. The van der Waals surface area contributed by atoms with Crippen LogP contribution >= 0.6 is 0 Å². The van der Waals surface area contributed by atoms with Crippen molar-refractivity contribution < 1.29 is 4.79 Å². The van der Waals surface area contributed by atoms with Crippen molar-refractivity contribution in [1.82, 2.24) is 0 Å². The molecule has 0 saturated heterocycles. The minimum Gasteiger partial charge on any atom is -0.294 e. The van der Waals surface area contributed by atoms with Crippen molar-refractivity contribution in [2.75, 3.05) is 0 Å². The molecule has 0 radical (unpaired) electrons. The number of carbonyl (C=O) groups excluding carboxylic acids is 1. The zero-order chi connectivity index (χ0) is 12.1. The van der Waals surface area contributed by atoms with E-state index in [9.17, 15) is 4.79 Å². The van der Waals surface area contributed by atoms with Gasteiger partial charge in [0.25, 0.3) is 0 Å². The van der Waals surface area contributed by atoms with Gasteiger partial charge in [-0.05, 0) is 34.2 Å². The summed E-state index contributed by atoms with van der Waals surface area (Å²) >= 11 is 0. The molecule has 0 saturated carbocycles. The van der Waals surface area contributed by atoms with Crippen molar-refractivity contribution in [3.63, 3.8) is 0 Å². The Bertz CT molecular complexity index is 708. The zero-order valence-corrected chi connectivity index (χ0v) is 9.94. The van der Waals surface area contributed by atoms with Crippen LogP contribution in [0.1, 0.15) is 33.5 Å². The molecule has 86 valence electrons. The summed E-state index contributed by atoms with van der Waals surface area (Å²) in [5.41, 5.74) is 7.05. The van der Waals surface area contributed by atoms with Crippen molar-refractivity contribution in [3.05, 3.63) is 64.7 Å². The van der Waals surface area contributed by atoms with E-state index in [1.807, 2.05) is 6.08 Å². The number of fused-ring (bicyclic) bond motifs is 5. The van der Waals surface area contributed by atoms with Gasteiger partial charge in [-0.25, -0.2) is 0 Å². The van der Waals surface area contributed by atoms with Gasteiger partial charge in [0.15, 0.2) is 5.78 Å². The first-order valence-electron chi connectivity index (χ1n) is 6.28. The SMILES string of the molecule is O=C1CC=Cc2ccc3c(c21)-c1ccccc1C3. The molecule has 2 aliphatic carbocycles. The number of hydrogen-bond acceptors (Lipinski definition) is 1. The quantitative estimate of drug-likeness (QED) is 0.575. The highest BCUT2D eigenvalue weighted by atomic mass is 16.1. The summed E-state index contributed by atoms with van der Waals surface area (Å²) < 4.78 is 0. The van der Waals surface area contributed by atoms with Gasteiger partial charge in [0.2, 0.25) is 0 Å². The van der Waals surface area contributed by atoms with E-state index in [-0.39, 0.29) is 5.78 Å². The monoisotopic (exact) mass is 232 g/mol. The van der Waals surface area contributed by atoms with E-state index in [0.29, 0.717) is 6.42 Å². The van der Waals surface area contributed by atoms with Crippen LogP contribution in [-0.2, 0) is 6.42 Å². The lowest BCUT2D eigenvalue weighted by atomic mass is 9.88. The third kappa shape index (κ3) is 1.19. The number of carbonyl (C=O) groups is 1. The van der Waals surface area contributed by atoms with Crippen LogP contribution in [0.4, 0.5) is 0 Å². The minimum atomic E-state index is 0.251. The Morgan fingerprint density at radius 2 is 1.78 bits per heavy atom. The molecule has 2 aromatic rings. The summed E-state index contributed by atoms with van der Waals surface area (Å²) in [6.07, 6.45) is 5.51. The minimum absolute atomic E-state index is 0.251. The molecule has 4 rings (SSSR count). The molecule has 0 N–H and O–H groups in total. The van der Waals surface area contributed by atoms with E-state index in [1.165, 1.54) is 22.3 Å². The molecular weight excluding hydrogens is 220 g/mol. The van der Waals surface area contributed by atoms with Crippen molar-refractivity contribution >= 4 is 11.9 Å². The van der Waals surface area contributed by atoms with Gasteiger partial charge in [0.05, 0.1) is 0 Å². The molecular formula is C17H12O. The first kappa shape index (κ1) is 9.84. The average Bonchev–Trinajstić information content (AvgIpc) is 2.77. The van der Waals surface area contributed by atoms with E-state index in [0.717, 1.165) is 17.5 Å². The highest BCUT2D eigenvalue weighted by molar-refractivity contribution is 6.09. The first-order chi connectivity index (χ1) is 8.84. The molecule has 18 heavy (non-hydrogen) atoms. The summed E-state index contributed by atoms with van der Waals surface area (Å²) in [6.45, 7) is 0. The van der Waals surface area contributed by atoms with Gasteiger partial charge >= 0.3 is 0 Å². The Morgan fingerprint density at radius 3 is 2.72 bits per heavy atom. The summed E-state index contributed by atoms with van der Waals surface area (Å²) in [7, 11) is 0. The van der Waals surface area contributed by atoms with E-state index in [4.69, 9.17) is 0 Å². The molecule has 0 bridgehead atoms. The fraction of sp³-hybridized carbons (Fsp3) is 0.118. The third-order valence-electron chi connectivity index (χ3n) is 3.87. The molecule has 1 heteroatoms. The number of ketones is 1. The smallest absolute Gasteiger partial charge is 0.167 e. The maximum absolute atomic E-state index is 12.2. The van der Waals surface area contributed by atoms with Crippen LogP contribution in [0.15, 0.2) is 42.5 Å². The Labute approximate surface area is 106 Å². The molecule has 0 amide bonds. The Hall–Kier alpha value is -2.15. The fourth-order valence-electron chi connectivity index (χ4n) is 3.07. The number of benzene rings is 2. The predicted molar refractivity (Wildman–Crippen MR) is 72.7 cm³/mol. The second-order valence-electron chi connectivity index (χ2n) is 4.93. The van der Waals surface area contributed by atoms with Crippen LogP contribution in [0.3, 0.4) is 0 Å². The number of Topliss-reactive ketones (excluding diaryl/α,β-unsaturated/α-hetero) is 1. The Kier molecular flexibility index (Phi) is 1.87. The summed E-state index contributed by atoms with van der Waals surface area (Å²) in [4.78, 5) is 12.2. The van der Waals surface area contributed by atoms with Gasteiger partial charge in [-0.2, -0.15) is 0 Å². The second kappa shape index (κ2) is 3.42. The zero-order valence-electron chi connectivity index (χ0n) is 9.94. The molecule has 0 heterocycles. The molecule has 1 nitrogen and oxygen atoms in total. The summed E-state index contributed by atoms with van der Waals surface area (Å²) in [5, 5.41) is 0. The molecule has 0 aromatic heterocycles. The highest BCUT2D eigenvalue weighted by Gasteiger charge is 2.26. The highest BCUT2D eigenvalue weighted by Crippen LogP contribution is 2.41. The number of rotatable bonds is 0. The third-order valence-corrected chi connectivity index (χ3v) is 3.87. The van der Waals surface area contributed by atoms with Gasteiger partial charge < -0.3 is 0 Å². The van der Waals surface area contributed by atoms with Crippen LogP contribution in [0.2, 0.25) is 0 Å². The predicted octanol–water partition coefficient (Wildman–Crippen LogP) is 3.86. The van der Waals surface area contributed by atoms with Crippen LogP contribution in [-0.4, -0.2) is 5.78 Å². The largest absolute Gasteiger partial charge is 0.294 e. The fourth-order valence-corrected chi connectivity index (χ4v) is 3.07. The summed E-state index contributed by atoms with van der Waals surface area (Å²) in [5.74, 6) is 0.251. The van der Waals surface area contributed by atoms with Crippen molar-refractivity contribution in [2.45, 2.75) is 12.8 Å². The van der Waals surface area contributed by atoms with Crippen LogP contribution in [0, 0.1) is 0 Å². The van der Waals surface area contributed by atoms with Gasteiger partial charge in [-0.15, -0.1) is 0 Å². The number of hydrogen-bond donors (Lipinski definition) is 0. The lowest BCUT2D eigenvalue weighted by Gasteiger charge is -2.14. The Morgan fingerprint density at radius 1 is 0.889 bits per heavy atom. The maximum atomic E-state index is 12.2. The van der Waals surface area contributed by atoms with Gasteiger partial charge in [0, 0.05) is 12.0 Å². The molecule has 2 aromatic carbocycles. The van der Waals surface area contributed by atoms with E-state index in [2.05, 4.69) is 42.5 Å². The molecule has 2 aliphatic rings. The van der Waals surface area contributed by atoms with E-state index < -0.39 is 0 Å². The van der Waals surface area contributed by atoms with Gasteiger partial charge in [0.1, 0.15) is 0 Å². The van der Waals surface area contributed by atoms with Crippen molar-refractivity contribution in [2.24, 2.45) is 0 Å². The standard InChI is InChI=1S/C17H12O/c18-15-7-3-5-11-8-9-13-10-12-4-1-2-6-14(12)16(13)17(11)15/h1-6,8-9H,7,10H2. The molecule has 0 atom stereocenters. The topological polar surface area (TPSA) is 17.1 Å². The molecule has 0 aliphatic heterocycles. The Balaban J connectivity index is 2.10. The molecule has 0 fully saturated rings.